The summed E-state index contributed by atoms with van der Waals surface area (Å²) < 4.78 is 24.0. The summed E-state index contributed by atoms with van der Waals surface area (Å²) in [7, 11) is 0. The highest BCUT2D eigenvalue weighted by atomic mass is 19.1. The van der Waals surface area contributed by atoms with Gasteiger partial charge in [0.15, 0.2) is 0 Å². The maximum atomic E-state index is 12.9. The number of carbonyl (C=O) groups excluding carboxylic acids is 1. The van der Waals surface area contributed by atoms with Crippen LogP contribution in [0, 0.1) is 5.82 Å². The van der Waals surface area contributed by atoms with E-state index in [0.29, 0.717) is 37.6 Å². The van der Waals surface area contributed by atoms with Crippen LogP contribution in [0.25, 0.3) is 0 Å². The standard InChI is InChI=1S/C19H21FN2O3/c20-15-3-7-17(8-4-15)25-16-5-1-14(2-6-16)12-22-19(23)11-18-13-21-9-10-24-18/h1-8,18,21H,9-13H2,(H,22,23). The van der Waals surface area contributed by atoms with Gasteiger partial charge >= 0.3 is 0 Å². The molecule has 0 aliphatic carbocycles. The summed E-state index contributed by atoms with van der Waals surface area (Å²) in [6, 6.07) is 13.3. The fourth-order valence-corrected chi connectivity index (χ4v) is 2.54. The normalized spacial score (nSPS) is 17.1. The highest BCUT2D eigenvalue weighted by Crippen LogP contribution is 2.21. The first-order valence-corrected chi connectivity index (χ1v) is 8.30. The van der Waals surface area contributed by atoms with E-state index < -0.39 is 0 Å². The Labute approximate surface area is 146 Å². The highest BCUT2D eigenvalue weighted by molar-refractivity contribution is 5.76. The van der Waals surface area contributed by atoms with Crippen LogP contribution >= 0.6 is 0 Å². The second kappa shape index (κ2) is 8.60. The minimum Gasteiger partial charge on any atom is -0.457 e. The molecule has 1 aliphatic heterocycles. The molecule has 2 aromatic rings. The third-order valence-electron chi connectivity index (χ3n) is 3.88. The van der Waals surface area contributed by atoms with Crippen molar-refractivity contribution >= 4 is 5.91 Å². The third-order valence-corrected chi connectivity index (χ3v) is 3.88. The summed E-state index contributed by atoms with van der Waals surface area (Å²) in [4.78, 5) is 11.9. The predicted octanol–water partition coefficient (Wildman–Crippen LogP) is 2.61. The zero-order chi connectivity index (χ0) is 17.5. The smallest absolute Gasteiger partial charge is 0.222 e. The lowest BCUT2D eigenvalue weighted by Crippen LogP contribution is -2.41. The number of hydrogen-bond donors (Lipinski definition) is 2. The molecule has 1 fully saturated rings. The molecule has 2 aromatic carbocycles. The number of benzene rings is 2. The van der Waals surface area contributed by atoms with Gasteiger partial charge in [0.2, 0.25) is 5.91 Å². The summed E-state index contributed by atoms with van der Waals surface area (Å²) >= 11 is 0. The highest BCUT2D eigenvalue weighted by Gasteiger charge is 2.16. The first-order valence-electron chi connectivity index (χ1n) is 8.30. The Bertz CT molecular complexity index is 683. The van der Waals surface area contributed by atoms with Crippen molar-refractivity contribution in [2.45, 2.75) is 19.1 Å². The number of halogens is 1. The first kappa shape index (κ1) is 17.4. The molecule has 0 aromatic heterocycles. The first-order chi connectivity index (χ1) is 12.2. The average molecular weight is 344 g/mol. The molecule has 2 N–H and O–H groups in total. The van der Waals surface area contributed by atoms with E-state index >= 15 is 0 Å². The van der Waals surface area contributed by atoms with E-state index in [-0.39, 0.29) is 17.8 Å². The van der Waals surface area contributed by atoms with Gasteiger partial charge in [-0.25, -0.2) is 4.39 Å². The van der Waals surface area contributed by atoms with E-state index in [2.05, 4.69) is 10.6 Å². The molecule has 0 bridgehead atoms. The van der Waals surface area contributed by atoms with Crippen molar-refractivity contribution < 1.29 is 18.7 Å². The van der Waals surface area contributed by atoms with Crippen LogP contribution in [0.1, 0.15) is 12.0 Å². The molecule has 5 nitrogen and oxygen atoms in total. The van der Waals surface area contributed by atoms with Crippen LogP contribution in [-0.2, 0) is 16.1 Å². The monoisotopic (exact) mass is 344 g/mol. The summed E-state index contributed by atoms with van der Waals surface area (Å²) in [6.45, 7) is 2.65. The van der Waals surface area contributed by atoms with Crippen molar-refractivity contribution in [1.29, 1.82) is 0 Å². The van der Waals surface area contributed by atoms with Gasteiger partial charge in [0, 0.05) is 19.6 Å². The number of carbonyl (C=O) groups is 1. The van der Waals surface area contributed by atoms with Crippen molar-refractivity contribution in [3.8, 4) is 11.5 Å². The van der Waals surface area contributed by atoms with Crippen LogP contribution in [0.15, 0.2) is 48.5 Å². The molecular formula is C19H21FN2O3. The van der Waals surface area contributed by atoms with E-state index in [1.807, 2.05) is 24.3 Å². The molecule has 1 aliphatic rings. The second-order valence-corrected chi connectivity index (χ2v) is 5.88. The number of nitrogens with one attached hydrogen (secondary N) is 2. The van der Waals surface area contributed by atoms with Gasteiger partial charge in [-0.3, -0.25) is 4.79 Å². The zero-order valence-electron chi connectivity index (χ0n) is 13.8. The molecule has 0 saturated carbocycles. The van der Waals surface area contributed by atoms with Crippen LogP contribution in [0.5, 0.6) is 11.5 Å². The summed E-state index contributed by atoms with van der Waals surface area (Å²) in [5.41, 5.74) is 0.975. The van der Waals surface area contributed by atoms with Crippen LogP contribution in [0.3, 0.4) is 0 Å². The quantitative estimate of drug-likeness (QED) is 0.846. The number of rotatable bonds is 6. The average Bonchev–Trinajstić information content (AvgIpc) is 2.64. The second-order valence-electron chi connectivity index (χ2n) is 5.88. The lowest BCUT2D eigenvalue weighted by atomic mass is 10.2. The van der Waals surface area contributed by atoms with Gasteiger partial charge < -0.3 is 20.1 Å². The molecule has 0 radical (unpaired) electrons. The molecule has 3 rings (SSSR count). The summed E-state index contributed by atoms with van der Waals surface area (Å²) in [6.07, 6.45) is 0.305. The van der Waals surface area contributed by atoms with Crippen molar-refractivity contribution in [2.24, 2.45) is 0 Å². The Morgan fingerprint density at radius 2 is 1.84 bits per heavy atom. The van der Waals surface area contributed by atoms with Crippen LogP contribution in [0.4, 0.5) is 4.39 Å². The number of morpholine rings is 1. The Kier molecular flexibility index (Phi) is 5.98. The van der Waals surface area contributed by atoms with E-state index in [0.717, 1.165) is 12.1 Å². The van der Waals surface area contributed by atoms with E-state index in [9.17, 15) is 9.18 Å². The Morgan fingerprint density at radius 1 is 1.16 bits per heavy atom. The number of hydrogen-bond acceptors (Lipinski definition) is 4. The topological polar surface area (TPSA) is 59.6 Å². The Balaban J connectivity index is 1.45. The van der Waals surface area contributed by atoms with Gasteiger partial charge in [-0.15, -0.1) is 0 Å². The fraction of sp³-hybridized carbons (Fsp3) is 0.316. The largest absolute Gasteiger partial charge is 0.457 e. The van der Waals surface area contributed by atoms with Crippen molar-refractivity contribution in [3.05, 3.63) is 59.9 Å². The van der Waals surface area contributed by atoms with Crippen molar-refractivity contribution in [2.75, 3.05) is 19.7 Å². The minimum atomic E-state index is -0.298. The molecule has 25 heavy (non-hydrogen) atoms. The van der Waals surface area contributed by atoms with E-state index in [1.165, 1.54) is 12.1 Å². The lowest BCUT2D eigenvalue weighted by molar-refractivity contribution is -0.124. The van der Waals surface area contributed by atoms with Crippen LogP contribution in [-0.4, -0.2) is 31.7 Å². The third kappa shape index (κ3) is 5.55. The molecular weight excluding hydrogens is 323 g/mol. The Hall–Kier alpha value is -2.44. The minimum absolute atomic E-state index is 0.0275. The molecule has 1 heterocycles. The Morgan fingerprint density at radius 3 is 2.48 bits per heavy atom. The molecule has 1 unspecified atom stereocenters. The van der Waals surface area contributed by atoms with Crippen molar-refractivity contribution in [1.82, 2.24) is 10.6 Å². The summed E-state index contributed by atoms with van der Waals surface area (Å²) in [5, 5.41) is 6.10. The number of amides is 1. The number of ether oxygens (including phenoxy) is 2. The van der Waals surface area contributed by atoms with Gasteiger partial charge in [-0.05, 0) is 42.0 Å². The SMILES string of the molecule is O=C(CC1CNCCO1)NCc1ccc(Oc2ccc(F)cc2)cc1. The predicted molar refractivity (Wildman–Crippen MR) is 92.0 cm³/mol. The van der Waals surface area contributed by atoms with Crippen LogP contribution in [0.2, 0.25) is 0 Å². The molecule has 132 valence electrons. The van der Waals surface area contributed by atoms with Gasteiger partial charge in [0.25, 0.3) is 0 Å². The lowest BCUT2D eigenvalue weighted by Gasteiger charge is -2.23. The molecule has 6 heteroatoms. The zero-order valence-corrected chi connectivity index (χ0v) is 13.8. The molecule has 1 amide bonds. The van der Waals surface area contributed by atoms with Gasteiger partial charge in [0.1, 0.15) is 17.3 Å². The molecule has 0 spiro atoms. The van der Waals surface area contributed by atoms with Gasteiger partial charge in [0.05, 0.1) is 19.1 Å². The molecule has 1 saturated heterocycles. The molecule has 1 atom stereocenters. The van der Waals surface area contributed by atoms with Crippen molar-refractivity contribution in [3.63, 3.8) is 0 Å². The summed E-state index contributed by atoms with van der Waals surface area (Å²) in [5.74, 6) is 0.903. The fourth-order valence-electron chi connectivity index (χ4n) is 2.54. The maximum absolute atomic E-state index is 12.9. The van der Waals surface area contributed by atoms with Crippen LogP contribution < -0.4 is 15.4 Å². The van der Waals surface area contributed by atoms with Gasteiger partial charge in [-0.2, -0.15) is 0 Å². The van der Waals surface area contributed by atoms with E-state index in [4.69, 9.17) is 9.47 Å². The maximum Gasteiger partial charge on any atom is 0.222 e. The van der Waals surface area contributed by atoms with E-state index in [1.54, 1.807) is 12.1 Å². The van der Waals surface area contributed by atoms with Gasteiger partial charge in [-0.1, -0.05) is 12.1 Å².